The van der Waals surface area contributed by atoms with Gasteiger partial charge in [0.05, 0.1) is 0 Å². The Morgan fingerprint density at radius 1 is 0.359 bits per heavy atom. The molecule has 0 aliphatic heterocycles. The Kier molecular flexibility index (Phi) is 46.3. The van der Waals surface area contributed by atoms with Crippen molar-refractivity contribution in [1.29, 1.82) is 0 Å². The highest BCUT2D eigenvalue weighted by molar-refractivity contribution is 8.39. The second-order valence-corrected chi connectivity index (χ2v) is 32.7. The number of unbranched alkanes of at least 4 members (excludes halogenated alkanes) is 22. The van der Waals surface area contributed by atoms with E-state index in [4.69, 9.17) is 25.1 Å². The van der Waals surface area contributed by atoms with Gasteiger partial charge in [0.2, 0.25) is 0 Å². The summed E-state index contributed by atoms with van der Waals surface area (Å²) in [4.78, 5) is 2.39. The average Bonchev–Trinajstić information content (AvgIpc) is 3.21. The Labute approximate surface area is 411 Å². The van der Waals surface area contributed by atoms with Gasteiger partial charge in [0, 0.05) is 62.6 Å². The molecule has 2 unspecified atom stereocenters. The molecule has 0 aromatic carbocycles. The van der Waals surface area contributed by atoms with Crippen LogP contribution in [0.3, 0.4) is 0 Å². The van der Waals surface area contributed by atoms with Gasteiger partial charge in [-0.25, -0.2) is 7.26 Å². The molecule has 396 valence electrons. The van der Waals surface area contributed by atoms with Crippen LogP contribution in [0.15, 0.2) is 0 Å². The quantitative estimate of drug-likeness (QED) is 0.0445. The maximum absolute atomic E-state index is 6.68. The first-order chi connectivity index (χ1) is 30.4. The van der Waals surface area contributed by atoms with E-state index >= 15 is 0 Å². The minimum Gasteiger partial charge on any atom is -0.351 e. The van der Waals surface area contributed by atoms with Gasteiger partial charge >= 0.3 is 0 Å². The lowest BCUT2D eigenvalue weighted by Crippen LogP contribution is -2.22. The summed E-state index contributed by atoms with van der Waals surface area (Å²) >= 11 is 0. The van der Waals surface area contributed by atoms with Crippen LogP contribution in [-0.2, 0) is 25.1 Å². The van der Waals surface area contributed by atoms with Crippen LogP contribution in [0.5, 0.6) is 0 Å². The van der Waals surface area contributed by atoms with Crippen LogP contribution in [0, 0.1) is 0 Å². The fourth-order valence-electron chi connectivity index (χ4n) is 7.68. The lowest BCUT2D eigenvalue weighted by Gasteiger charge is -2.46. The molecule has 0 aromatic rings. The summed E-state index contributed by atoms with van der Waals surface area (Å²) in [5.41, 5.74) is 0. The summed E-state index contributed by atoms with van der Waals surface area (Å²) in [6.45, 7) is 17.4. The number of hydrogen-bond donors (Lipinski definition) is 0. The maximum Gasteiger partial charge on any atom is 0.180 e. The smallest absolute Gasteiger partial charge is 0.180 e. The predicted molar refractivity (Wildman–Crippen MR) is 301 cm³/mol. The van der Waals surface area contributed by atoms with Gasteiger partial charge in [-0.2, -0.15) is 21.2 Å². The van der Waals surface area contributed by atoms with Crippen molar-refractivity contribution in [2.75, 3.05) is 94.9 Å². The number of rotatable bonds is 47. The minimum absolute atomic E-state index is 0.113. The summed E-state index contributed by atoms with van der Waals surface area (Å²) in [5.74, 6) is 2.35. The van der Waals surface area contributed by atoms with Crippen LogP contribution < -0.4 is 0 Å². The van der Waals surface area contributed by atoms with E-state index in [0.717, 1.165) is 51.9 Å². The van der Waals surface area contributed by atoms with E-state index in [9.17, 15) is 0 Å². The van der Waals surface area contributed by atoms with E-state index in [1.54, 1.807) is 0 Å². The first-order valence-electron chi connectivity index (χ1n) is 27.0. The maximum atomic E-state index is 6.68. The minimum atomic E-state index is -1.59. The third-order valence-corrected chi connectivity index (χ3v) is 21.0. The molecule has 0 amide bonds. The Bertz CT molecular complexity index is 975. The third-order valence-electron chi connectivity index (χ3n) is 11.5. The van der Waals surface area contributed by atoms with E-state index < -0.39 is 41.8 Å². The highest BCUT2D eigenvalue weighted by Gasteiger charge is 2.26. The third kappa shape index (κ3) is 46.8. The molecule has 11 heteroatoms. The van der Waals surface area contributed by atoms with Crippen molar-refractivity contribution >= 4 is 41.8 Å². The average molecular weight is 995 g/mol. The highest BCUT2D eigenvalue weighted by atomic mass is 32.3. The molecule has 2 atom stereocenters. The van der Waals surface area contributed by atoms with Crippen molar-refractivity contribution in [3.8, 4) is 0 Å². The molecule has 0 aromatic heterocycles. The predicted octanol–water partition coefficient (Wildman–Crippen LogP) is 18.2. The SMILES string of the molecule is CCCCCCCCS(C)(C)OS(C)(C)OC(CCCCCCC)OCCCC.CCCCCCCCS(C)(C)OS(C)(C)OC(CCCCCCC)OCCCCCCN(C)CC. The molecule has 0 N–H and O–H groups in total. The van der Waals surface area contributed by atoms with Gasteiger partial charge in [-0.15, -0.1) is 20.6 Å². The van der Waals surface area contributed by atoms with Crippen LogP contribution in [0.1, 0.15) is 234 Å². The fourth-order valence-corrected chi connectivity index (χ4v) is 18.7. The van der Waals surface area contributed by atoms with E-state index in [1.807, 2.05) is 0 Å². The van der Waals surface area contributed by atoms with Crippen molar-refractivity contribution in [3.05, 3.63) is 0 Å². The van der Waals surface area contributed by atoms with Crippen molar-refractivity contribution < 1.29 is 25.1 Å². The van der Waals surface area contributed by atoms with Crippen LogP contribution >= 0.6 is 41.8 Å². The molecule has 7 nitrogen and oxygen atoms in total. The molecule has 0 radical (unpaired) electrons. The lowest BCUT2D eigenvalue weighted by atomic mass is 10.1. The van der Waals surface area contributed by atoms with Crippen LogP contribution in [0.25, 0.3) is 0 Å². The molecule has 0 rings (SSSR count). The summed E-state index contributed by atoms with van der Waals surface area (Å²) in [5, 5.41) is 0. The first kappa shape index (κ1) is 67.2. The van der Waals surface area contributed by atoms with Gasteiger partial charge in [-0.1, -0.05) is 176 Å². The number of nitrogens with zero attached hydrogens (tertiary/aromatic N) is 1. The zero-order valence-corrected chi connectivity index (χ0v) is 49.4. The van der Waals surface area contributed by atoms with E-state index in [0.29, 0.717) is 0 Å². The second-order valence-electron chi connectivity index (χ2n) is 20.1. The van der Waals surface area contributed by atoms with E-state index in [-0.39, 0.29) is 12.6 Å². The van der Waals surface area contributed by atoms with Gasteiger partial charge in [0.25, 0.3) is 0 Å². The largest absolute Gasteiger partial charge is 0.351 e. The summed E-state index contributed by atoms with van der Waals surface area (Å²) in [6.07, 6.45) is 55.6. The molecule has 0 saturated carbocycles. The normalized spacial score (nSPS) is 14.7. The molecule has 0 aliphatic carbocycles. The Morgan fingerprint density at radius 3 is 1.05 bits per heavy atom. The van der Waals surface area contributed by atoms with Crippen LogP contribution in [0.2, 0.25) is 0 Å². The molecule has 0 saturated heterocycles. The van der Waals surface area contributed by atoms with Crippen LogP contribution in [-0.4, -0.2) is 112 Å². The van der Waals surface area contributed by atoms with Crippen LogP contribution in [0.4, 0.5) is 0 Å². The van der Waals surface area contributed by atoms with Crippen molar-refractivity contribution in [2.24, 2.45) is 0 Å². The fraction of sp³-hybridized carbons (Fsp3) is 1.00. The van der Waals surface area contributed by atoms with E-state index in [2.05, 4.69) is 104 Å². The molecule has 0 bridgehead atoms. The van der Waals surface area contributed by atoms with Crippen molar-refractivity contribution in [1.82, 2.24) is 4.90 Å². The Hall–Kier alpha value is 1.12. The molecule has 0 aliphatic rings. The number of ether oxygens (including phenoxy) is 2. The highest BCUT2D eigenvalue weighted by Crippen LogP contribution is 2.60. The lowest BCUT2D eigenvalue weighted by molar-refractivity contribution is -0.0823. The molecule has 64 heavy (non-hydrogen) atoms. The Morgan fingerprint density at radius 2 is 0.672 bits per heavy atom. The summed E-state index contributed by atoms with van der Waals surface area (Å²) in [7, 11) is -3.14. The monoisotopic (exact) mass is 994 g/mol. The van der Waals surface area contributed by atoms with Gasteiger partial charge in [0.15, 0.2) is 12.6 Å². The first-order valence-corrected chi connectivity index (χ1v) is 36.7. The molecular formula is C53H119NO6S4. The van der Waals surface area contributed by atoms with E-state index in [1.165, 1.54) is 179 Å². The summed E-state index contributed by atoms with van der Waals surface area (Å²) in [6, 6.07) is 0. The zero-order chi connectivity index (χ0) is 48.4. The standard InChI is InChI=1S/C29H65NO3S2.C24H54O3S2/c1-9-12-14-16-20-24-28-34(5,6)33-35(7,8)32-29(25-21-17-15-13-10-2)31-27-23-19-18-22-26-30(4)11-3;1-8-11-14-16-18-20-23-28(4,5)27-29(6,7)26-24(25-22-13-10-3)21-19-17-15-12-9-2/h29H,9-28H2,1-8H3;24H,8-23H2,1-7H3. The number of hydrogen-bond acceptors (Lipinski definition) is 7. The Balaban J connectivity index is 0. The molecule has 0 spiro atoms. The van der Waals surface area contributed by atoms with Crippen molar-refractivity contribution in [2.45, 2.75) is 247 Å². The van der Waals surface area contributed by atoms with Gasteiger partial charge in [0.1, 0.15) is 0 Å². The van der Waals surface area contributed by atoms with Gasteiger partial charge < -0.3 is 14.4 Å². The molecule has 0 heterocycles. The van der Waals surface area contributed by atoms with Crippen molar-refractivity contribution in [3.63, 3.8) is 0 Å². The van der Waals surface area contributed by atoms with Gasteiger partial charge in [-0.3, -0.25) is 8.37 Å². The zero-order valence-electron chi connectivity index (χ0n) is 46.1. The molecular weight excluding hydrogens is 875 g/mol. The molecule has 0 fully saturated rings. The van der Waals surface area contributed by atoms with Gasteiger partial charge in [-0.05, 0) is 90.1 Å². The summed E-state index contributed by atoms with van der Waals surface area (Å²) < 4.78 is 38.7. The topological polar surface area (TPSA) is 58.6 Å². The second kappa shape index (κ2) is 44.1.